The molecule has 0 radical (unpaired) electrons. The molecule has 1 amide bonds. The fourth-order valence-electron chi connectivity index (χ4n) is 1.86. The molecular weight excluding hydrogens is 306 g/mol. The lowest BCUT2D eigenvalue weighted by Gasteiger charge is -2.10. The van der Waals surface area contributed by atoms with Gasteiger partial charge in [0.25, 0.3) is 0 Å². The van der Waals surface area contributed by atoms with Crippen LogP contribution in [0.5, 0.6) is 11.5 Å². The van der Waals surface area contributed by atoms with Gasteiger partial charge in [0.2, 0.25) is 0 Å². The molecule has 24 heavy (non-hydrogen) atoms. The standard InChI is InChI=1S/C19H19NO4/c1-20(2)19(22)24-17-11-7-15(8-12-17)18(21)13-6-14-4-9-16(23-3)10-5-14/h4-13H,1-3H3/b13-6+. The van der Waals surface area contributed by atoms with Gasteiger partial charge in [-0.25, -0.2) is 4.79 Å². The van der Waals surface area contributed by atoms with Crippen LogP contribution >= 0.6 is 0 Å². The number of nitrogens with zero attached hydrogens (tertiary/aromatic N) is 1. The molecule has 0 saturated carbocycles. The van der Waals surface area contributed by atoms with E-state index in [4.69, 9.17) is 9.47 Å². The fourth-order valence-corrected chi connectivity index (χ4v) is 1.86. The summed E-state index contributed by atoms with van der Waals surface area (Å²) in [6.45, 7) is 0. The van der Waals surface area contributed by atoms with E-state index >= 15 is 0 Å². The normalized spacial score (nSPS) is 10.5. The Hall–Kier alpha value is -3.08. The van der Waals surface area contributed by atoms with Crippen LogP contribution in [0.1, 0.15) is 15.9 Å². The SMILES string of the molecule is COc1ccc(/C=C/C(=O)c2ccc(OC(=O)N(C)C)cc2)cc1. The maximum Gasteiger partial charge on any atom is 0.414 e. The summed E-state index contributed by atoms with van der Waals surface area (Å²) in [5.74, 6) is 1.03. The van der Waals surface area contributed by atoms with E-state index < -0.39 is 6.09 Å². The number of carbonyl (C=O) groups excluding carboxylic acids is 2. The summed E-state index contributed by atoms with van der Waals surface area (Å²) in [6, 6.07) is 13.8. The van der Waals surface area contributed by atoms with Gasteiger partial charge in [0.05, 0.1) is 7.11 Å². The molecule has 2 rings (SSSR count). The Morgan fingerprint density at radius 3 is 2.04 bits per heavy atom. The number of methoxy groups -OCH3 is 1. The molecule has 0 aliphatic carbocycles. The van der Waals surface area contributed by atoms with Gasteiger partial charge in [-0.3, -0.25) is 4.79 Å². The summed E-state index contributed by atoms with van der Waals surface area (Å²) in [5, 5.41) is 0. The summed E-state index contributed by atoms with van der Waals surface area (Å²) in [7, 11) is 4.81. The number of allylic oxidation sites excluding steroid dienone is 1. The Labute approximate surface area is 141 Å². The molecule has 0 fully saturated rings. The van der Waals surface area contributed by atoms with Crippen molar-refractivity contribution in [3.05, 3.63) is 65.7 Å². The first-order valence-corrected chi connectivity index (χ1v) is 7.35. The van der Waals surface area contributed by atoms with Gasteiger partial charge in [-0.15, -0.1) is 0 Å². The maximum absolute atomic E-state index is 12.2. The predicted molar refractivity (Wildman–Crippen MR) is 92.5 cm³/mol. The molecule has 0 aliphatic rings. The van der Waals surface area contributed by atoms with E-state index in [2.05, 4.69) is 0 Å². The van der Waals surface area contributed by atoms with E-state index in [0.717, 1.165) is 11.3 Å². The van der Waals surface area contributed by atoms with Crippen LogP contribution in [0.25, 0.3) is 6.08 Å². The average molecular weight is 325 g/mol. The molecule has 124 valence electrons. The third-order valence-electron chi connectivity index (χ3n) is 3.25. The third-order valence-corrected chi connectivity index (χ3v) is 3.25. The molecule has 5 heteroatoms. The summed E-state index contributed by atoms with van der Waals surface area (Å²) in [5.41, 5.74) is 1.42. The molecule has 0 heterocycles. The van der Waals surface area contributed by atoms with E-state index in [0.29, 0.717) is 11.3 Å². The largest absolute Gasteiger partial charge is 0.497 e. The van der Waals surface area contributed by atoms with Crippen molar-refractivity contribution in [2.45, 2.75) is 0 Å². The molecule has 0 spiro atoms. The van der Waals surface area contributed by atoms with E-state index in [1.165, 1.54) is 11.0 Å². The van der Waals surface area contributed by atoms with Crippen molar-refractivity contribution in [2.24, 2.45) is 0 Å². The second-order valence-electron chi connectivity index (χ2n) is 5.26. The van der Waals surface area contributed by atoms with Crippen molar-refractivity contribution in [2.75, 3.05) is 21.2 Å². The highest BCUT2D eigenvalue weighted by Gasteiger charge is 2.07. The van der Waals surface area contributed by atoms with Crippen LogP contribution in [0.4, 0.5) is 4.79 Å². The number of rotatable bonds is 5. The van der Waals surface area contributed by atoms with Crippen LogP contribution in [0.2, 0.25) is 0 Å². The Balaban J connectivity index is 2.01. The minimum atomic E-state index is -0.464. The molecule has 0 aromatic heterocycles. The lowest BCUT2D eigenvalue weighted by molar-refractivity contribution is 0.104. The Morgan fingerprint density at radius 2 is 1.50 bits per heavy atom. The predicted octanol–water partition coefficient (Wildman–Crippen LogP) is 3.65. The van der Waals surface area contributed by atoms with Gasteiger partial charge in [0.15, 0.2) is 5.78 Å². The van der Waals surface area contributed by atoms with Gasteiger partial charge in [-0.1, -0.05) is 18.2 Å². The fraction of sp³-hybridized carbons (Fsp3) is 0.158. The van der Waals surface area contributed by atoms with Gasteiger partial charge in [-0.05, 0) is 48.0 Å². The first-order chi connectivity index (χ1) is 11.5. The van der Waals surface area contributed by atoms with E-state index in [-0.39, 0.29) is 5.78 Å². The average Bonchev–Trinajstić information content (AvgIpc) is 2.60. The van der Waals surface area contributed by atoms with E-state index in [1.54, 1.807) is 51.5 Å². The van der Waals surface area contributed by atoms with Gasteiger partial charge >= 0.3 is 6.09 Å². The zero-order chi connectivity index (χ0) is 17.5. The Morgan fingerprint density at radius 1 is 0.917 bits per heavy atom. The van der Waals surface area contributed by atoms with Gasteiger partial charge in [0, 0.05) is 19.7 Å². The van der Waals surface area contributed by atoms with Crippen LogP contribution in [-0.4, -0.2) is 38.0 Å². The van der Waals surface area contributed by atoms with Crippen LogP contribution in [0.3, 0.4) is 0 Å². The van der Waals surface area contributed by atoms with Gasteiger partial charge < -0.3 is 14.4 Å². The van der Waals surface area contributed by atoms with Crippen LogP contribution in [0.15, 0.2) is 54.6 Å². The zero-order valence-corrected chi connectivity index (χ0v) is 13.9. The highest BCUT2D eigenvalue weighted by Crippen LogP contribution is 2.15. The Kier molecular flexibility index (Phi) is 5.73. The summed E-state index contributed by atoms with van der Waals surface area (Å²) < 4.78 is 10.2. The molecule has 0 unspecified atom stereocenters. The Bertz CT molecular complexity index is 731. The van der Waals surface area contributed by atoms with Crippen LogP contribution in [-0.2, 0) is 0 Å². The van der Waals surface area contributed by atoms with Gasteiger partial charge in [-0.2, -0.15) is 0 Å². The number of amides is 1. The van der Waals surface area contributed by atoms with Crippen molar-refractivity contribution >= 4 is 18.0 Å². The number of carbonyl (C=O) groups is 2. The third kappa shape index (κ3) is 4.71. The van der Waals surface area contributed by atoms with Crippen molar-refractivity contribution in [3.8, 4) is 11.5 Å². The van der Waals surface area contributed by atoms with Crippen molar-refractivity contribution < 1.29 is 19.1 Å². The second-order valence-corrected chi connectivity index (χ2v) is 5.26. The van der Waals surface area contributed by atoms with Crippen LogP contribution in [0, 0.1) is 0 Å². The van der Waals surface area contributed by atoms with Crippen molar-refractivity contribution in [1.82, 2.24) is 4.90 Å². The number of ketones is 1. The van der Waals surface area contributed by atoms with E-state index in [9.17, 15) is 9.59 Å². The molecule has 0 N–H and O–H groups in total. The molecular formula is C19H19NO4. The number of hydrogen-bond donors (Lipinski definition) is 0. The quantitative estimate of drug-likeness (QED) is 0.622. The highest BCUT2D eigenvalue weighted by molar-refractivity contribution is 6.06. The lowest BCUT2D eigenvalue weighted by Crippen LogP contribution is -2.25. The summed E-state index contributed by atoms with van der Waals surface area (Å²) in [6.07, 6.45) is 2.78. The topological polar surface area (TPSA) is 55.8 Å². The molecule has 0 saturated heterocycles. The van der Waals surface area contributed by atoms with Crippen molar-refractivity contribution in [1.29, 1.82) is 0 Å². The zero-order valence-electron chi connectivity index (χ0n) is 13.9. The highest BCUT2D eigenvalue weighted by atomic mass is 16.6. The minimum absolute atomic E-state index is 0.128. The molecule has 0 aliphatic heterocycles. The minimum Gasteiger partial charge on any atom is -0.497 e. The van der Waals surface area contributed by atoms with Gasteiger partial charge in [0.1, 0.15) is 11.5 Å². The molecule has 5 nitrogen and oxygen atoms in total. The van der Waals surface area contributed by atoms with E-state index in [1.807, 2.05) is 24.3 Å². The number of hydrogen-bond acceptors (Lipinski definition) is 4. The second kappa shape index (κ2) is 7.97. The summed E-state index contributed by atoms with van der Waals surface area (Å²) in [4.78, 5) is 24.9. The first kappa shape index (κ1) is 17.3. The molecule has 0 atom stereocenters. The van der Waals surface area contributed by atoms with Crippen LogP contribution < -0.4 is 9.47 Å². The number of ether oxygens (including phenoxy) is 2. The summed E-state index contributed by atoms with van der Waals surface area (Å²) >= 11 is 0. The number of benzene rings is 2. The van der Waals surface area contributed by atoms with Crippen molar-refractivity contribution in [3.63, 3.8) is 0 Å². The molecule has 2 aromatic rings. The first-order valence-electron chi connectivity index (χ1n) is 7.35. The molecule has 2 aromatic carbocycles. The maximum atomic E-state index is 12.2. The lowest BCUT2D eigenvalue weighted by atomic mass is 10.1. The monoisotopic (exact) mass is 325 g/mol. The smallest absolute Gasteiger partial charge is 0.414 e. The molecule has 0 bridgehead atoms.